The van der Waals surface area contributed by atoms with Crippen molar-refractivity contribution in [2.45, 2.75) is 6.42 Å². The third-order valence-corrected chi connectivity index (χ3v) is 2.61. The standard InChI is InChI=1S/C10H8ClFO3/c11-8-3-7(12)2-5-1-6(10(13)14)4-15-9(5)8/h2-3,6H,1,4H2,(H,13,14)/t6-/m0/s1. The van der Waals surface area contributed by atoms with Crippen LogP contribution in [0.4, 0.5) is 4.39 Å². The molecule has 0 radical (unpaired) electrons. The Bertz CT molecular complexity index is 419. The van der Waals surface area contributed by atoms with E-state index in [1.807, 2.05) is 0 Å². The Morgan fingerprint density at radius 3 is 3.00 bits per heavy atom. The summed E-state index contributed by atoms with van der Waals surface area (Å²) in [5, 5.41) is 8.98. The van der Waals surface area contributed by atoms with Crippen molar-refractivity contribution in [2.24, 2.45) is 5.92 Å². The summed E-state index contributed by atoms with van der Waals surface area (Å²) in [4.78, 5) is 10.7. The van der Waals surface area contributed by atoms with Gasteiger partial charge in [-0.25, -0.2) is 4.39 Å². The Hall–Kier alpha value is -1.29. The van der Waals surface area contributed by atoms with Crippen molar-refractivity contribution in [3.05, 3.63) is 28.5 Å². The maximum atomic E-state index is 13.0. The average Bonchev–Trinajstić information content (AvgIpc) is 2.16. The first-order valence-electron chi connectivity index (χ1n) is 4.41. The van der Waals surface area contributed by atoms with Crippen molar-refractivity contribution >= 4 is 17.6 Å². The first-order chi connectivity index (χ1) is 7.08. The molecule has 0 spiro atoms. The van der Waals surface area contributed by atoms with Gasteiger partial charge in [0.1, 0.15) is 18.2 Å². The first-order valence-corrected chi connectivity index (χ1v) is 4.79. The maximum Gasteiger partial charge on any atom is 0.310 e. The largest absolute Gasteiger partial charge is 0.491 e. The number of fused-ring (bicyclic) bond motifs is 1. The number of halogens is 2. The fourth-order valence-electron chi connectivity index (χ4n) is 1.59. The van der Waals surface area contributed by atoms with E-state index in [0.717, 1.165) is 6.07 Å². The van der Waals surface area contributed by atoms with E-state index in [1.165, 1.54) is 6.07 Å². The second-order valence-corrected chi connectivity index (χ2v) is 3.83. The van der Waals surface area contributed by atoms with Crippen LogP contribution in [-0.2, 0) is 11.2 Å². The van der Waals surface area contributed by atoms with Crippen LogP contribution in [0.1, 0.15) is 5.56 Å². The van der Waals surface area contributed by atoms with E-state index in [-0.39, 0.29) is 18.1 Å². The Labute approximate surface area is 90.4 Å². The molecule has 0 unspecified atom stereocenters. The van der Waals surface area contributed by atoms with Crippen LogP contribution >= 0.6 is 11.6 Å². The summed E-state index contributed by atoms with van der Waals surface area (Å²) < 4.78 is 18.2. The molecule has 1 aromatic carbocycles. The van der Waals surface area contributed by atoms with Crippen LogP contribution < -0.4 is 4.74 Å². The molecule has 0 aliphatic carbocycles. The highest BCUT2D eigenvalue weighted by Crippen LogP contribution is 2.35. The number of aliphatic carboxylic acids is 1. The van der Waals surface area contributed by atoms with E-state index in [1.54, 1.807) is 0 Å². The van der Waals surface area contributed by atoms with E-state index in [2.05, 4.69) is 0 Å². The zero-order valence-electron chi connectivity index (χ0n) is 7.67. The minimum Gasteiger partial charge on any atom is -0.491 e. The van der Waals surface area contributed by atoms with E-state index in [0.29, 0.717) is 11.3 Å². The molecule has 1 N–H and O–H groups in total. The van der Waals surface area contributed by atoms with Gasteiger partial charge in [-0.2, -0.15) is 0 Å². The van der Waals surface area contributed by atoms with E-state index >= 15 is 0 Å². The molecule has 5 heteroatoms. The molecule has 1 aliphatic rings. The Balaban J connectivity index is 2.37. The van der Waals surface area contributed by atoms with Gasteiger partial charge >= 0.3 is 5.97 Å². The maximum absolute atomic E-state index is 13.0. The van der Waals surface area contributed by atoms with Crippen molar-refractivity contribution in [3.8, 4) is 5.75 Å². The lowest BCUT2D eigenvalue weighted by Crippen LogP contribution is -2.28. The first kappa shape index (κ1) is 10.2. The lowest BCUT2D eigenvalue weighted by Gasteiger charge is -2.23. The van der Waals surface area contributed by atoms with Gasteiger partial charge in [0.15, 0.2) is 0 Å². The van der Waals surface area contributed by atoms with Crippen molar-refractivity contribution in [1.29, 1.82) is 0 Å². The molecule has 0 amide bonds. The van der Waals surface area contributed by atoms with Crippen molar-refractivity contribution < 1.29 is 19.0 Å². The molecule has 0 aromatic heterocycles. The van der Waals surface area contributed by atoms with Gasteiger partial charge in [-0.1, -0.05) is 11.6 Å². The van der Waals surface area contributed by atoms with Gasteiger partial charge in [0, 0.05) is 0 Å². The molecule has 0 fully saturated rings. The number of ether oxygens (including phenoxy) is 1. The lowest BCUT2D eigenvalue weighted by atomic mass is 9.97. The highest BCUT2D eigenvalue weighted by Gasteiger charge is 2.27. The minimum absolute atomic E-state index is 0.0771. The van der Waals surface area contributed by atoms with Gasteiger partial charge in [0.05, 0.1) is 10.9 Å². The summed E-state index contributed by atoms with van der Waals surface area (Å²) in [6.07, 6.45) is 0.252. The summed E-state index contributed by atoms with van der Waals surface area (Å²) in [5.41, 5.74) is 0.513. The Morgan fingerprint density at radius 2 is 2.33 bits per heavy atom. The number of carbonyl (C=O) groups is 1. The summed E-state index contributed by atoms with van der Waals surface area (Å²) >= 11 is 5.76. The molecule has 0 saturated carbocycles. The van der Waals surface area contributed by atoms with Gasteiger partial charge in [0.25, 0.3) is 0 Å². The second-order valence-electron chi connectivity index (χ2n) is 3.43. The zero-order valence-corrected chi connectivity index (χ0v) is 8.42. The summed E-state index contributed by atoms with van der Waals surface area (Å²) in [6.45, 7) is 0.0771. The van der Waals surface area contributed by atoms with Crippen LogP contribution in [0.25, 0.3) is 0 Å². The quantitative estimate of drug-likeness (QED) is 0.804. The topological polar surface area (TPSA) is 46.5 Å². The fraction of sp³-hybridized carbons (Fsp3) is 0.300. The molecule has 15 heavy (non-hydrogen) atoms. The van der Waals surface area contributed by atoms with Crippen LogP contribution in [0.2, 0.25) is 5.02 Å². The Morgan fingerprint density at radius 1 is 1.60 bits per heavy atom. The normalized spacial score (nSPS) is 19.2. The lowest BCUT2D eigenvalue weighted by molar-refractivity contribution is -0.143. The molecule has 0 bridgehead atoms. The summed E-state index contributed by atoms with van der Waals surface area (Å²) in [6, 6.07) is 2.41. The number of benzene rings is 1. The molecule has 3 nitrogen and oxygen atoms in total. The van der Waals surface area contributed by atoms with Crippen LogP contribution in [0, 0.1) is 11.7 Å². The van der Waals surface area contributed by atoms with Crippen molar-refractivity contribution in [3.63, 3.8) is 0 Å². The van der Waals surface area contributed by atoms with Gasteiger partial charge in [0.2, 0.25) is 0 Å². The van der Waals surface area contributed by atoms with Gasteiger partial charge in [-0.15, -0.1) is 0 Å². The molecule has 1 aliphatic heterocycles. The number of carboxylic acid groups (broad SMARTS) is 1. The summed E-state index contributed by atoms with van der Waals surface area (Å²) in [5.74, 6) is -1.65. The third kappa shape index (κ3) is 1.90. The number of hydrogen-bond acceptors (Lipinski definition) is 2. The second kappa shape index (κ2) is 3.70. The smallest absolute Gasteiger partial charge is 0.310 e. The van der Waals surface area contributed by atoms with Crippen molar-refractivity contribution in [1.82, 2.24) is 0 Å². The Kier molecular flexibility index (Phi) is 2.52. The summed E-state index contributed by atoms with van der Waals surface area (Å²) in [7, 11) is 0. The highest BCUT2D eigenvalue weighted by atomic mass is 35.5. The molecule has 1 atom stereocenters. The van der Waals surface area contributed by atoms with Gasteiger partial charge in [-0.05, 0) is 24.1 Å². The predicted molar refractivity (Wildman–Crippen MR) is 51.7 cm³/mol. The van der Waals surface area contributed by atoms with Crippen molar-refractivity contribution in [2.75, 3.05) is 6.61 Å². The van der Waals surface area contributed by atoms with Crippen LogP contribution in [-0.4, -0.2) is 17.7 Å². The molecule has 1 aromatic rings. The fourth-order valence-corrected chi connectivity index (χ4v) is 1.87. The van der Waals surface area contributed by atoms with Gasteiger partial charge in [-0.3, -0.25) is 4.79 Å². The zero-order chi connectivity index (χ0) is 11.0. The average molecular weight is 231 g/mol. The molecule has 0 saturated heterocycles. The highest BCUT2D eigenvalue weighted by molar-refractivity contribution is 6.32. The minimum atomic E-state index is -0.943. The van der Waals surface area contributed by atoms with Crippen LogP contribution in [0.5, 0.6) is 5.75 Å². The number of hydrogen-bond donors (Lipinski definition) is 1. The third-order valence-electron chi connectivity index (χ3n) is 2.33. The SMILES string of the molecule is O=C(O)[C@@H]1COc2c(Cl)cc(F)cc2C1. The molecular weight excluding hydrogens is 223 g/mol. The molecule has 80 valence electrons. The monoisotopic (exact) mass is 230 g/mol. The number of carboxylic acids is 1. The van der Waals surface area contributed by atoms with E-state index < -0.39 is 17.7 Å². The molecule has 1 heterocycles. The van der Waals surface area contributed by atoms with E-state index in [4.69, 9.17) is 21.4 Å². The van der Waals surface area contributed by atoms with Gasteiger partial charge < -0.3 is 9.84 Å². The van der Waals surface area contributed by atoms with Crippen LogP contribution in [0.3, 0.4) is 0 Å². The molecular formula is C10H8ClFO3. The predicted octanol–water partition coefficient (Wildman–Crippen LogP) is 2.11. The van der Waals surface area contributed by atoms with Crippen LogP contribution in [0.15, 0.2) is 12.1 Å². The van der Waals surface area contributed by atoms with E-state index in [9.17, 15) is 9.18 Å². The molecule has 2 rings (SSSR count). The number of rotatable bonds is 1.